The first-order valence-corrected chi connectivity index (χ1v) is 10.3. The summed E-state index contributed by atoms with van der Waals surface area (Å²) in [5, 5.41) is 5.37. The predicted octanol–water partition coefficient (Wildman–Crippen LogP) is 4.69. The lowest BCUT2D eigenvalue weighted by Crippen LogP contribution is -2.29. The molecule has 1 atom stereocenters. The molecule has 2 N–H and O–H groups in total. The van der Waals surface area contributed by atoms with Gasteiger partial charge in [-0.2, -0.15) is 0 Å². The molecule has 1 unspecified atom stereocenters. The SMILES string of the molecule is O=C(NC1CSc2c(C(=O)Nc3ccc(F)c(F)c3)cccc21)OCc1ccccn1. The molecule has 4 rings (SSSR count). The molecule has 6 nitrogen and oxygen atoms in total. The average molecular weight is 441 g/mol. The molecule has 158 valence electrons. The van der Waals surface area contributed by atoms with Crippen LogP contribution in [0.15, 0.2) is 65.7 Å². The summed E-state index contributed by atoms with van der Waals surface area (Å²) in [5.41, 5.74) is 1.96. The van der Waals surface area contributed by atoms with Crippen LogP contribution in [-0.2, 0) is 11.3 Å². The highest BCUT2D eigenvalue weighted by atomic mass is 32.2. The van der Waals surface area contributed by atoms with E-state index >= 15 is 0 Å². The van der Waals surface area contributed by atoms with Gasteiger partial charge in [-0.15, -0.1) is 11.8 Å². The second-order valence-corrected chi connectivity index (χ2v) is 7.74. The number of amides is 2. The first-order chi connectivity index (χ1) is 15.0. The molecule has 1 aliphatic rings. The summed E-state index contributed by atoms with van der Waals surface area (Å²) in [6.07, 6.45) is 1.04. The van der Waals surface area contributed by atoms with Crippen LogP contribution < -0.4 is 10.6 Å². The van der Waals surface area contributed by atoms with Crippen molar-refractivity contribution < 1.29 is 23.1 Å². The molecule has 0 aliphatic carbocycles. The van der Waals surface area contributed by atoms with E-state index in [1.54, 1.807) is 36.5 Å². The fraction of sp³-hybridized carbons (Fsp3) is 0.136. The Hall–Kier alpha value is -3.46. The number of fused-ring (bicyclic) bond motifs is 1. The fourth-order valence-corrected chi connectivity index (χ4v) is 4.41. The van der Waals surface area contributed by atoms with Gasteiger partial charge in [0.15, 0.2) is 11.6 Å². The van der Waals surface area contributed by atoms with Crippen LogP contribution in [0.1, 0.15) is 27.7 Å². The highest BCUT2D eigenvalue weighted by Crippen LogP contribution is 2.40. The number of ether oxygens (including phenoxy) is 1. The molecule has 0 spiro atoms. The van der Waals surface area contributed by atoms with Crippen LogP contribution in [0, 0.1) is 11.6 Å². The molecule has 9 heteroatoms. The van der Waals surface area contributed by atoms with Crippen LogP contribution in [0.5, 0.6) is 0 Å². The van der Waals surface area contributed by atoms with Crippen molar-refractivity contribution >= 4 is 29.4 Å². The summed E-state index contributed by atoms with van der Waals surface area (Å²) in [6, 6.07) is 13.3. The molecule has 2 aromatic carbocycles. The number of rotatable bonds is 5. The van der Waals surface area contributed by atoms with Crippen molar-refractivity contribution in [1.29, 1.82) is 0 Å². The summed E-state index contributed by atoms with van der Waals surface area (Å²) in [5.74, 6) is -1.95. The third-order valence-electron chi connectivity index (χ3n) is 4.61. The molecule has 0 radical (unpaired) electrons. The van der Waals surface area contributed by atoms with Gasteiger partial charge in [-0.25, -0.2) is 13.6 Å². The van der Waals surface area contributed by atoms with Crippen LogP contribution in [0.4, 0.5) is 19.3 Å². The average Bonchev–Trinajstić information content (AvgIpc) is 3.18. The minimum absolute atomic E-state index is 0.0517. The Morgan fingerprint density at radius 3 is 2.74 bits per heavy atom. The smallest absolute Gasteiger partial charge is 0.408 e. The number of nitrogens with one attached hydrogen (secondary N) is 2. The number of nitrogens with zero attached hydrogens (tertiary/aromatic N) is 1. The molecule has 0 bridgehead atoms. The Morgan fingerprint density at radius 2 is 1.97 bits per heavy atom. The summed E-state index contributed by atoms with van der Waals surface area (Å²) in [6.45, 7) is 0.0517. The second-order valence-electron chi connectivity index (χ2n) is 6.71. The van der Waals surface area contributed by atoms with Crippen LogP contribution in [0.3, 0.4) is 0 Å². The van der Waals surface area contributed by atoms with Gasteiger partial charge in [-0.3, -0.25) is 9.78 Å². The molecule has 2 amide bonds. The number of thioether (sulfide) groups is 1. The number of aromatic nitrogens is 1. The summed E-state index contributed by atoms with van der Waals surface area (Å²) >= 11 is 1.43. The maximum atomic E-state index is 13.4. The third-order valence-corrected chi connectivity index (χ3v) is 5.85. The number of carbonyl (C=O) groups is 2. The van der Waals surface area contributed by atoms with Crippen LogP contribution >= 0.6 is 11.8 Å². The Morgan fingerprint density at radius 1 is 1.10 bits per heavy atom. The molecule has 1 aromatic heterocycles. The third kappa shape index (κ3) is 4.83. The Labute approximate surface area is 181 Å². The number of hydrogen-bond acceptors (Lipinski definition) is 5. The normalized spacial score (nSPS) is 14.6. The number of carbonyl (C=O) groups excluding carboxylic acids is 2. The Kier molecular flexibility index (Phi) is 6.13. The minimum Gasteiger partial charge on any atom is -0.443 e. The number of pyridine rings is 1. The number of anilines is 1. The van der Waals surface area contributed by atoms with E-state index in [0.29, 0.717) is 17.0 Å². The largest absolute Gasteiger partial charge is 0.443 e. The van der Waals surface area contributed by atoms with E-state index in [-0.39, 0.29) is 18.3 Å². The van der Waals surface area contributed by atoms with Crippen molar-refractivity contribution in [2.75, 3.05) is 11.1 Å². The molecule has 2 heterocycles. The minimum atomic E-state index is -1.04. The van der Waals surface area contributed by atoms with E-state index in [4.69, 9.17) is 4.74 Å². The second kappa shape index (κ2) is 9.13. The molecule has 0 saturated heterocycles. The molecular formula is C22H17F2N3O3S. The number of hydrogen-bond donors (Lipinski definition) is 2. The van der Waals surface area contributed by atoms with E-state index < -0.39 is 23.6 Å². The van der Waals surface area contributed by atoms with Crippen LogP contribution in [0.25, 0.3) is 0 Å². The van der Waals surface area contributed by atoms with Crippen molar-refractivity contribution in [3.05, 3.63) is 89.2 Å². The van der Waals surface area contributed by atoms with Crippen LogP contribution in [-0.4, -0.2) is 22.7 Å². The standard InChI is InChI=1S/C22H17F2N3O3S/c23-17-8-7-13(10-18(17)24)26-21(28)16-6-3-5-15-19(12-31-20(15)16)27-22(29)30-11-14-4-1-2-9-25-14/h1-10,19H,11-12H2,(H,26,28)(H,27,29). The molecule has 0 fully saturated rings. The van der Waals surface area contributed by atoms with Gasteiger partial charge >= 0.3 is 6.09 Å². The van der Waals surface area contributed by atoms with Crippen molar-refractivity contribution in [2.24, 2.45) is 0 Å². The van der Waals surface area contributed by atoms with E-state index in [9.17, 15) is 18.4 Å². The lowest BCUT2D eigenvalue weighted by molar-refractivity contribution is 0.102. The maximum absolute atomic E-state index is 13.4. The number of benzene rings is 2. The zero-order chi connectivity index (χ0) is 21.8. The zero-order valence-electron chi connectivity index (χ0n) is 16.1. The fourth-order valence-electron chi connectivity index (χ4n) is 3.12. The van der Waals surface area contributed by atoms with E-state index in [1.165, 1.54) is 17.8 Å². The highest BCUT2D eigenvalue weighted by molar-refractivity contribution is 7.99. The number of halogens is 2. The molecule has 31 heavy (non-hydrogen) atoms. The summed E-state index contributed by atoms with van der Waals surface area (Å²) in [4.78, 5) is 29.7. The van der Waals surface area contributed by atoms with Gasteiger partial charge in [-0.05, 0) is 35.9 Å². The Balaban J connectivity index is 1.43. The summed E-state index contributed by atoms with van der Waals surface area (Å²) in [7, 11) is 0. The van der Waals surface area contributed by atoms with Crippen molar-refractivity contribution in [3.63, 3.8) is 0 Å². The quantitative estimate of drug-likeness (QED) is 0.601. The lowest BCUT2D eigenvalue weighted by atomic mass is 10.0. The lowest BCUT2D eigenvalue weighted by Gasteiger charge is -2.14. The van der Waals surface area contributed by atoms with Crippen LogP contribution in [0.2, 0.25) is 0 Å². The van der Waals surface area contributed by atoms with Gasteiger partial charge < -0.3 is 15.4 Å². The molecular weight excluding hydrogens is 424 g/mol. The topological polar surface area (TPSA) is 80.3 Å². The molecule has 0 saturated carbocycles. The van der Waals surface area contributed by atoms with Crippen molar-refractivity contribution in [2.45, 2.75) is 17.5 Å². The first-order valence-electron chi connectivity index (χ1n) is 9.36. The van der Waals surface area contributed by atoms with Gasteiger partial charge in [0.2, 0.25) is 0 Å². The monoisotopic (exact) mass is 441 g/mol. The van der Waals surface area contributed by atoms with Gasteiger partial charge in [0.05, 0.1) is 17.3 Å². The zero-order valence-corrected chi connectivity index (χ0v) is 16.9. The van der Waals surface area contributed by atoms with E-state index in [2.05, 4.69) is 15.6 Å². The van der Waals surface area contributed by atoms with E-state index in [0.717, 1.165) is 22.6 Å². The first kappa shape index (κ1) is 20.8. The predicted molar refractivity (Wildman–Crippen MR) is 112 cm³/mol. The Bertz CT molecular complexity index is 1130. The van der Waals surface area contributed by atoms with Crippen molar-refractivity contribution in [3.8, 4) is 0 Å². The van der Waals surface area contributed by atoms with Gasteiger partial charge in [0.1, 0.15) is 6.61 Å². The van der Waals surface area contributed by atoms with Gasteiger partial charge in [0.25, 0.3) is 5.91 Å². The van der Waals surface area contributed by atoms with Crippen molar-refractivity contribution in [1.82, 2.24) is 10.3 Å². The highest BCUT2D eigenvalue weighted by Gasteiger charge is 2.29. The summed E-state index contributed by atoms with van der Waals surface area (Å²) < 4.78 is 31.7. The van der Waals surface area contributed by atoms with Gasteiger partial charge in [-0.1, -0.05) is 18.2 Å². The number of alkyl carbamates (subject to hydrolysis) is 1. The maximum Gasteiger partial charge on any atom is 0.408 e. The molecule has 3 aromatic rings. The van der Waals surface area contributed by atoms with Gasteiger partial charge in [0, 0.05) is 28.6 Å². The molecule has 1 aliphatic heterocycles. The van der Waals surface area contributed by atoms with E-state index in [1.807, 2.05) is 6.07 Å².